The molecule has 4 heteroatoms. The van der Waals surface area contributed by atoms with Gasteiger partial charge in [0, 0.05) is 19.0 Å². The SMILES string of the molecule is Cc1cccc(OCC(=O)N2CCC(C#N)CC2)c1C. The number of ether oxygens (including phenoxy) is 1. The van der Waals surface area contributed by atoms with E-state index in [-0.39, 0.29) is 18.4 Å². The first kappa shape index (κ1) is 14.4. The Labute approximate surface area is 120 Å². The van der Waals surface area contributed by atoms with Gasteiger partial charge in [-0.2, -0.15) is 5.26 Å². The Morgan fingerprint density at radius 2 is 2.10 bits per heavy atom. The smallest absolute Gasteiger partial charge is 0.260 e. The minimum Gasteiger partial charge on any atom is -0.483 e. The molecule has 1 aromatic carbocycles. The first-order valence-electron chi connectivity index (χ1n) is 6.98. The summed E-state index contributed by atoms with van der Waals surface area (Å²) in [6.45, 7) is 5.41. The zero-order valence-electron chi connectivity index (χ0n) is 12.1. The topological polar surface area (TPSA) is 53.3 Å². The molecule has 0 spiro atoms. The van der Waals surface area contributed by atoms with E-state index >= 15 is 0 Å². The fourth-order valence-electron chi connectivity index (χ4n) is 2.37. The Morgan fingerprint density at radius 1 is 1.40 bits per heavy atom. The Kier molecular flexibility index (Phi) is 4.62. The molecule has 1 aromatic rings. The number of nitriles is 1. The Bertz CT molecular complexity index is 526. The highest BCUT2D eigenvalue weighted by atomic mass is 16.5. The average molecular weight is 272 g/mol. The van der Waals surface area contributed by atoms with Gasteiger partial charge < -0.3 is 9.64 Å². The van der Waals surface area contributed by atoms with Crippen LogP contribution in [-0.4, -0.2) is 30.5 Å². The molecule has 0 unspecified atom stereocenters. The van der Waals surface area contributed by atoms with Gasteiger partial charge in [0.25, 0.3) is 5.91 Å². The average Bonchev–Trinajstić information content (AvgIpc) is 2.48. The molecule has 1 aliphatic heterocycles. The molecule has 1 heterocycles. The quantitative estimate of drug-likeness (QED) is 0.849. The molecule has 0 atom stereocenters. The lowest BCUT2D eigenvalue weighted by molar-refractivity contribution is -0.134. The van der Waals surface area contributed by atoms with E-state index in [1.165, 1.54) is 0 Å². The zero-order valence-corrected chi connectivity index (χ0v) is 12.1. The van der Waals surface area contributed by atoms with Gasteiger partial charge in [0.1, 0.15) is 5.75 Å². The number of likely N-dealkylation sites (tertiary alicyclic amines) is 1. The summed E-state index contributed by atoms with van der Waals surface area (Å²) in [5.41, 5.74) is 2.23. The number of piperidine rings is 1. The van der Waals surface area contributed by atoms with Crippen molar-refractivity contribution in [1.82, 2.24) is 4.90 Å². The van der Waals surface area contributed by atoms with Gasteiger partial charge in [0.05, 0.1) is 6.07 Å². The van der Waals surface area contributed by atoms with E-state index in [2.05, 4.69) is 6.07 Å². The van der Waals surface area contributed by atoms with Crippen LogP contribution < -0.4 is 4.74 Å². The third-order valence-corrected chi connectivity index (χ3v) is 3.94. The number of nitrogens with zero attached hydrogens (tertiary/aromatic N) is 2. The predicted octanol–water partition coefficient (Wildman–Crippen LogP) is 2.44. The van der Waals surface area contributed by atoms with E-state index in [4.69, 9.17) is 10.00 Å². The summed E-state index contributed by atoms with van der Waals surface area (Å²) in [5, 5.41) is 8.85. The Hall–Kier alpha value is -2.02. The maximum Gasteiger partial charge on any atom is 0.260 e. The molecular weight excluding hydrogens is 252 g/mol. The van der Waals surface area contributed by atoms with Crippen LogP contribution >= 0.6 is 0 Å². The van der Waals surface area contributed by atoms with E-state index in [1.807, 2.05) is 32.0 Å². The highest BCUT2D eigenvalue weighted by Crippen LogP contribution is 2.21. The monoisotopic (exact) mass is 272 g/mol. The molecule has 0 N–H and O–H groups in total. The van der Waals surface area contributed by atoms with Gasteiger partial charge in [-0.05, 0) is 43.9 Å². The highest BCUT2D eigenvalue weighted by Gasteiger charge is 2.22. The van der Waals surface area contributed by atoms with Crippen LogP contribution in [0.15, 0.2) is 18.2 Å². The molecule has 1 saturated heterocycles. The number of hydrogen-bond donors (Lipinski definition) is 0. The first-order chi connectivity index (χ1) is 9.61. The predicted molar refractivity (Wildman–Crippen MR) is 76.3 cm³/mol. The third-order valence-electron chi connectivity index (χ3n) is 3.94. The van der Waals surface area contributed by atoms with Gasteiger partial charge in [-0.1, -0.05) is 12.1 Å². The number of amides is 1. The molecule has 1 aliphatic rings. The molecule has 0 radical (unpaired) electrons. The minimum absolute atomic E-state index is 0.00213. The van der Waals surface area contributed by atoms with Crippen molar-refractivity contribution >= 4 is 5.91 Å². The van der Waals surface area contributed by atoms with Crippen molar-refractivity contribution in [1.29, 1.82) is 5.26 Å². The van der Waals surface area contributed by atoms with E-state index in [9.17, 15) is 4.79 Å². The van der Waals surface area contributed by atoms with Crippen molar-refractivity contribution in [2.75, 3.05) is 19.7 Å². The lowest BCUT2D eigenvalue weighted by Gasteiger charge is -2.29. The van der Waals surface area contributed by atoms with Crippen LogP contribution in [0.3, 0.4) is 0 Å². The Morgan fingerprint density at radius 3 is 2.75 bits per heavy atom. The fraction of sp³-hybridized carbons (Fsp3) is 0.500. The van der Waals surface area contributed by atoms with Crippen molar-refractivity contribution in [3.8, 4) is 11.8 Å². The molecule has 4 nitrogen and oxygen atoms in total. The maximum absolute atomic E-state index is 12.1. The van der Waals surface area contributed by atoms with E-state index in [0.717, 1.165) is 29.7 Å². The standard InChI is InChI=1S/C16H20N2O2/c1-12-4-3-5-15(13(12)2)20-11-16(19)18-8-6-14(10-17)7-9-18/h3-5,14H,6-9,11H2,1-2H3. The number of carbonyl (C=O) groups excluding carboxylic acids is 1. The van der Waals surface area contributed by atoms with E-state index in [0.29, 0.717) is 13.1 Å². The van der Waals surface area contributed by atoms with Gasteiger partial charge in [-0.25, -0.2) is 0 Å². The molecule has 1 fully saturated rings. The Balaban J connectivity index is 1.87. The van der Waals surface area contributed by atoms with Gasteiger partial charge in [0.15, 0.2) is 6.61 Å². The summed E-state index contributed by atoms with van der Waals surface area (Å²) in [4.78, 5) is 13.9. The molecule has 20 heavy (non-hydrogen) atoms. The third kappa shape index (κ3) is 3.30. The molecule has 0 aromatic heterocycles. The normalized spacial score (nSPS) is 15.8. The summed E-state index contributed by atoms with van der Waals surface area (Å²) in [6, 6.07) is 8.11. The van der Waals surface area contributed by atoms with E-state index < -0.39 is 0 Å². The van der Waals surface area contributed by atoms with Gasteiger partial charge >= 0.3 is 0 Å². The van der Waals surface area contributed by atoms with Crippen LogP contribution in [-0.2, 0) is 4.79 Å². The molecule has 2 rings (SSSR count). The number of hydrogen-bond acceptors (Lipinski definition) is 3. The van der Waals surface area contributed by atoms with Gasteiger partial charge in [0.2, 0.25) is 0 Å². The molecule has 0 aliphatic carbocycles. The number of carbonyl (C=O) groups is 1. The van der Waals surface area contributed by atoms with Crippen molar-refractivity contribution < 1.29 is 9.53 Å². The first-order valence-corrected chi connectivity index (χ1v) is 6.98. The van der Waals surface area contributed by atoms with Gasteiger partial charge in [-0.15, -0.1) is 0 Å². The lowest BCUT2D eigenvalue weighted by atomic mass is 9.99. The number of aryl methyl sites for hydroxylation is 1. The number of benzene rings is 1. The molecular formula is C16H20N2O2. The van der Waals surface area contributed by atoms with Crippen LogP contribution in [0.25, 0.3) is 0 Å². The van der Waals surface area contributed by atoms with Crippen LogP contribution in [0.2, 0.25) is 0 Å². The van der Waals surface area contributed by atoms with Crippen LogP contribution in [0, 0.1) is 31.1 Å². The minimum atomic E-state index is 0.00213. The summed E-state index contributed by atoms with van der Waals surface area (Å²) in [5.74, 6) is 0.867. The fourth-order valence-corrected chi connectivity index (χ4v) is 2.37. The summed E-state index contributed by atoms with van der Waals surface area (Å²) >= 11 is 0. The van der Waals surface area contributed by atoms with Crippen LogP contribution in [0.1, 0.15) is 24.0 Å². The van der Waals surface area contributed by atoms with Crippen LogP contribution in [0.4, 0.5) is 0 Å². The zero-order chi connectivity index (χ0) is 14.5. The van der Waals surface area contributed by atoms with Crippen molar-refractivity contribution in [2.24, 2.45) is 5.92 Å². The lowest BCUT2D eigenvalue weighted by Crippen LogP contribution is -2.40. The second-order valence-corrected chi connectivity index (χ2v) is 5.27. The van der Waals surface area contributed by atoms with Crippen LogP contribution in [0.5, 0.6) is 5.75 Å². The molecule has 0 saturated carbocycles. The largest absolute Gasteiger partial charge is 0.483 e. The summed E-state index contributed by atoms with van der Waals surface area (Å²) < 4.78 is 5.63. The van der Waals surface area contributed by atoms with Crippen molar-refractivity contribution in [3.63, 3.8) is 0 Å². The highest BCUT2D eigenvalue weighted by molar-refractivity contribution is 5.77. The summed E-state index contributed by atoms with van der Waals surface area (Å²) in [6.07, 6.45) is 1.54. The number of rotatable bonds is 3. The van der Waals surface area contributed by atoms with Crippen molar-refractivity contribution in [3.05, 3.63) is 29.3 Å². The molecule has 1 amide bonds. The van der Waals surface area contributed by atoms with Crippen molar-refractivity contribution in [2.45, 2.75) is 26.7 Å². The van der Waals surface area contributed by atoms with Gasteiger partial charge in [-0.3, -0.25) is 4.79 Å². The molecule has 106 valence electrons. The van der Waals surface area contributed by atoms with E-state index in [1.54, 1.807) is 4.90 Å². The molecule has 0 bridgehead atoms. The second-order valence-electron chi connectivity index (χ2n) is 5.27. The maximum atomic E-state index is 12.1. The summed E-state index contributed by atoms with van der Waals surface area (Å²) in [7, 11) is 0. The second kappa shape index (κ2) is 6.42.